The average molecular weight is 1250 g/mol. The van der Waals surface area contributed by atoms with Crippen LogP contribution in [-0.2, 0) is 47.2 Å². The van der Waals surface area contributed by atoms with Gasteiger partial charge in [0.15, 0.2) is 0 Å². The van der Waals surface area contributed by atoms with Gasteiger partial charge in [0.25, 0.3) is 0 Å². The number of carbonyl (C=O) groups is 6. The topological polar surface area (TPSA) is 218 Å². The number of hydrogen-bond donors (Lipinski definition) is 3. The second-order valence-electron chi connectivity index (χ2n) is 21.6. The van der Waals surface area contributed by atoms with Crippen LogP contribution in [0.3, 0.4) is 0 Å². The number of hydrogen-bond acceptors (Lipinski definition) is 15. The van der Waals surface area contributed by atoms with Gasteiger partial charge in [-0.3, -0.25) is 0 Å². The molecule has 5 unspecified atom stereocenters. The van der Waals surface area contributed by atoms with Gasteiger partial charge in [-0.25, -0.2) is 0 Å². The molecule has 0 aromatic rings. The van der Waals surface area contributed by atoms with Gasteiger partial charge in [0.05, 0.1) is 0 Å². The fourth-order valence-electron chi connectivity index (χ4n) is 9.77. The molecule has 15 nitrogen and oxygen atoms in total. The normalized spacial score (nSPS) is 23.1. The van der Waals surface area contributed by atoms with Gasteiger partial charge in [0.1, 0.15) is 0 Å². The first-order chi connectivity index (χ1) is 35.0. The van der Waals surface area contributed by atoms with Gasteiger partial charge in [0.2, 0.25) is 0 Å². The molecular weight excluding hydrogens is 1150 g/mol. The van der Waals surface area contributed by atoms with E-state index in [0.29, 0.717) is 44.9 Å². The Hall–Kier alpha value is -1.70. The second kappa shape index (κ2) is 38.0. The molecule has 0 radical (unpaired) electrons. The third kappa shape index (κ3) is 27.0. The first kappa shape index (κ1) is 67.4. The Morgan fingerprint density at radius 1 is 0.452 bits per heavy atom. The molecule has 2 heterocycles. The molecule has 2 rings (SSSR count). The van der Waals surface area contributed by atoms with Crippen molar-refractivity contribution in [2.24, 2.45) is 0 Å². The van der Waals surface area contributed by atoms with Crippen molar-refractivity contribution in [1.29, 1.82) is 0 Å². The fourth-order valence-corrected chi connectivity index (χ4v) is 24.4. The van der Waals surface area contributed by atoms with Gasteiger partial charge in [-0.05, 0) is 0 Å². The molecule has 2 aliphatic rings. The van der Waals surface area contributed by atoms with Gasteiger partial charge in [-0.15, -0.1) is 0 Å². The van der Waals surface area contributed by atoms with Crippen molar-refractivity contribution in [3.05, 3.63) is 0 Å². The van der Waals surface area contributed by atoms with E-state index in [1.54, 1.807) is 0 Å². The van der Waals surface area contributed by atoms with Crippen LogP contribution < -0.4 is 0 Å². The monoisotopic (exact) mass is 1250 g/mol. The molecule has 2 fully saturated rings. The van der Waals surface area contributed by atoms with E-state index in [9.17, 15) is 44.1 Å². The van der Waals surface area contributed by atoms with E-state index in [-0.39, 0.29) is 34.6 Å². The van der Waals surface area contributed by atoms with Gasteiger partial charge < -0.3 is 0 Å². The summed E-state index contributed by atoms with van der Waals surface area (Å²) in [5.41, 5.74) is -6.98. The second-order valence-corrected chi connectivity index (χ2v) is 35.7. The maximum atomic E-state index is 14.6. The van der Waals surface area contributed by atoms with Crippen molar-refractivity contribution in [2.45, 2.75) is 317 Å². The molecule has 73 heavy (non-hydrogen) atoms. The van der Waals surface area contributed by atoms with Crippen molar-refractivity contribution in [1.82, 2.24) is 0 Å². The third-order valence-electron chi connectivity index (χ3n) is 14.5. The Balaban J connectivity index is 2.30. The van der Waals surface area contributed by atoms with Crippen molar-refractivity contribution in [2.75, 3.05) is 0 Å². The maximum absolute atomic E-state index is 14.6. The van der Waals surface area contributed by atoms with Crippen LogP contribution in [0.1, 0.15) is 291 Å². The van der Waals surface area contributed by atoms with E-state index in [4.69, 9.17) is 18.4 Å². The molecular formula is C56H102O15Sn2. The average Bonchev–Trinajstić information content (AvgIpc) is 3.49. The number of rotatable bonds is 44. The summed E-state index contributed by atoms with van der Waals surface area (Å²) in [6.45, 7) is 10.3. The van der Waals surface area contributed by atoms with Crippen LogP contribution in [0.4, 0.5) is 0 Å². The minimum atomic E-state index is -5.70. The predicted molar refractivity (Wildman–Crippen MR) is 286 cm³/mol. The summed E-state index contributed by atoms with van der Waals surface area (Å²) in [4.78, 5) is 83.4. The van der Waals surface area contributed by atoms with Crippen molar-refractivity contribution in [3.8, 4) is 0 Å². The van der Waals surface area contributed by atoms with Crippen molar-refractivity contribution >= 4 is 75.1 Å². The Labute approximate surface area is 451 Å². The molecule has 5 atom stereocenters. The first-order valence-electron chi connectivity index (χ1n) is 29.5. The fraction of sp³-hybridized carbons (Fsp3) is 0.893. The molecule has 0 bridgehead atoms. The third-order valence-corrected chi connectivity index (χ3v) is 28.9. The molecule has 2 saturated heterocycles. The van der Waals surface area contributed by atoms with Crippen LogP contribution >= 0.6 is 0 Å². The Morgan fingerprint density at radius 3 is 1.10 bits per heavy atom. The molecule has 2 aliphatic heterocycles. The van der Waals surface area contributed by atoms with Crippen molar-refractivity contribution < 1.29 is 62.5 Å². The minimum absolute atomic E-state index is 0.0386. The van der Waals surface area contributed by atoms with E-state index in [1.165, 1.54) is 77.0 Å². The molecule has 0 aliphatic carbocycles. The van der Waals surface area contributed by atoms with Crippen LogP contribution in [0.15, 0.2) is 0 Å². The number of carbonyl (C=O) groups excluding carboxylic acids is 6. The summed E-state index contributed by atoms with van der Waals surface area (Å²) in [5.74, 6) is -6.61. The number of unbranched alkanes of at least 4 members (excludes halogenated alkanes) is 29. The standard InChI is InChI=1S/3C16H30O5.2C4H9.2Sn/c3*1-2-3-4-5-6-7-8-9-10-11-12-16(21,15(19)20)13-14(17)18;2*1-3-4-2;;/h3*21H,2-13H2,1H3,(H,17,18)(H,19,20);2*1,3-4H2,2H3;;/q;;;;;2*+3/p-6. The zero-order valence-corrected chi connectivity index (χ0v) is 52.1. The number of aliphatic hydroxyl groups is 3. The van der Waals surface area contributed by atoms with Gasteiger partial charge in [-0.2, -0.15) is 0 Å². The summed E-state index contributed by atoms with van der Waals surface area (Å²) in [6, 6.07) is 0. The van der Waals surface area contributed by atoms with Crippen LogP contribution in [0, 0.1) is 0 Å². The van der Waals surface area contributed by atoms with E-state index in [0.717, 1.165) is 89.9 Å². The van der Waals surface area contributed by atoms with E-state index in [1.807, 2.05) is 13.8 Å². The Kier molecular flexibility index (Phi) is 35.1. The SMILES string of the molecule is CCCCCCCCCCCCC1(O)CC(=O)[O][Sn]([CH2]CCC)([O]C(=O)CC(O)(CCCCCCCCCCCC)C(=O)[O][Sn]2([CH2]CCC)[O]C(=O)CC(O)(CCCCCCCCCCCC)C(=O)[O]2)[O]C1=O. The zero-order valence-electron chi connectivity index (χ0n) is 46.4. The summed E-state index contributed by atoms with van der Waals surface area (Å²) in [6.07, 6.45) is 29.2. The molecule has 17 heteroatoms. The molecule has 0 saturated carbocycles. The molecule has 0 amide bonds. The van der Waals surface area contributed by atoms with E-state index >= 15 is 0 Å². The summed E-state index contributed by atoms with van der Waals surface area (Å²) >= 11 is -11.3. The zero-order chi connectivity index (χ0) is 53.9. The molecule has 0 aromatic heterocycles. The van der Waals surface area contributed by atoms with Gasteiger partial charge in [0, 0.05) is 0 Å². The predicted octanol–water partition coefficient (Wildman–Crippen LogP) is 13.0. The van der Waals surface area contributed by atoms with Crippen LogP contribution in [0.25, 0.3) is 0 Å². The van der Waals surface area contributed by atoms with E-state index < -0.39 is 111 Å². The Morgan fingerprint density at radius 2 is 0.753 bits per heavy atom. The van der Waals surface area contributed by atoms with Gasteiger partial charge >= 0.3 is 395 Å². The van der Waals surface area contributed by atoms with Crippen molar-refractivity contribution in [3.63, 3.8) is 0 Å². The quantitative estimate of drug-likeness (QED) is 0.0382. The Bertz CT molecular complexity index is 1600. The summed E-state index contributed by atoms with van der Waals surface area (Å²) in [7, 11) is 0. The van der Waals surface area contributed by atoms with Crippen LogP contribution in [0.2, 0.25) is 8.87 Å². The molecule has 424 valence electrons. The molecule has 3 N–H and O–H groups in total. The molecule has 0 spiro atoms. The summed E-state index contributed by atoms with van der Waals surface area (Å²) in [5, 5.41) is 35.5. The van der Waals surface area contributed by atoms with Crippen LogP contribution in [0.5, 0.6) is 0 Å². The molecule has 0 aromatic carbocycles. The first-order valence-corrected chi connectivity index (χ1v) is 40.5. The van der Waals surface area contributed by atoms with Gasteiger partial charge in [-0.1, -0.05) is 59.3 Å². The summed E-state index contributed by atoms with van der Waals surface area (Å²) < 4.78 is 35.1. The van der Waals surface area contributed by atoms with Crippen LogP contribution in [-0.4, -0.2) is 107 Å². The van der Waals surface area contributed by atoms with E-state index in [2.05, 4.69) is 20.8 Å².